The summed E-state index contributed by atoms with van der Waals surface area (Å²) in [6.45, 7) is 0.737. The van der Waals surface area contributed by atoms with E-state index < -0.39 is 0 Å². The summed E-state index contributed by atoms with van der Waals surface area (Å²) in [6.07, 6.45) is 2.25. The first-order valence-electron chi connectivity index (χ1n) is 5.73. The smallest absolute Gasteiger partial charge is 0.220 e. The minimum Gasteiger partial charge on any atom is -0.464 e. The van der Waals surface area contributed by atoms with Crippen LogP contribution in [0.15, 0.2) is 47.1 Å². The lowest BCUT2D eigenvalue weighted by Gasteiger charge is -2.08. The number of carbonyl (C=O) groups is 1. The zero-order valence-corrected chi connectivity index (χ0v) is 9.35. The van der Waals surface area contributed by atoms with E-state index >= 15 is 0 Å². The van der Waals surface area contributed by atoms with Crippen LogP contribution in [0.1, 0.15) is 17.9 Å². The molecule has 1 amide bonds. The monoisotopic (exact) mass is 227 g/mol. The van der Waals surface area contributed by atoms with Crippen LogP contribution in [0.4, 0.5) is 0 Å². The predicted molar refractivity (Wildman–Crippen MR) is 64.5 cm³/mol. The molecular weight excluding hydrogens is 214 g/mol. The molecule has 17 heavy (non-hydrogen) atoms. The lowest BCUT2D eigenvalue weighted by atomic mass is 9.96. The Bertz CT molecular complexity index is 531. The van der Waals surface area contributed by atoms with Crippen LogP contribution in [0.25, 0.3) is 11.3 Å². The second-order valence-corrected chi connectivity index (χ2v) is 4.31. The molecule has 2 heterocycles. The summed E-state index contributed by atoms with van der Waals surface area (Å²) in [4.78, 5) is 11.2. The summed E-state index contributed by atoms with van der Waals surface area (Å²) in [5.41, 5.74) is 2.25. The van der Waals surface area contributed by atoms with Crippen molar-refractivity contribution in [2.45, 2.75) is 12.3 Å². The van der Waals surface area contributed by atoms with E-state index in [0.29, 0.717) is 6.42 Å². The maximum atomic E-state index is 11.2. The number of rotatable bonds is 2. The SMILES string of the molecule is O=C1CC(c2cccc(-c3ccco3)c2)CN1. The van der Waals surface area contributed by atoms with Crippen LogP contribution >= 0.6 is 0 Å². The maximum absolute atomic E-state index is 11.2. The first kappa shape index (κ1) is 10.1. The largest absolute Gasteiger partial charge is 0.464 e. The molecule has 1 aliphatic rings. The molecule has 0 spiro atoms. The molecule has 2 aromatic rings. The number of amides is 1. The van der Waals surface area contributed by atoms with E-state index in [-0.39, 0.29) is 11.8 Å². The summed E-state index contributed by atoms with van der Waals surface area (Å²) in [6, 6.07) is 12.0. The van der Waals surface area contributed by atoms with E-state index in [1.54, 1.807) is 6.26 Å². The molecule has 1 aromatic heterocycles. The molecule has 0 bridgehead atoms. The second kappa shape index (κ2) is 4.09. The highest BCUT2D eigenvalue weighted by Crippen LogP contribution is 2.27. The van der Waals surface area contributed by atoms with Crippen molar-refractivity contribution in [3.63, 3.8) is 0 Å². The van der Waals surface area contributed by atoms with E-state index in [1.165, 1.54) is 5.56 Å². The fourth-order valence-corrected chi connectivity index (χ4v) is 2.23. The van der Waals surface area contributed by atoms with Crippen molar-refractivity contribution in [2.24, 2.45) is 0 Å². The Kier molecular flexibility index (Phi) is 2.44. The van der Waals surface area contributed by atoms with Gasteiger partial charge in [0, 0.05) is 24.4 Å². The molecule has 1 atom stereocenters. The van der Waals surface area contributed by atoms with Crippen molar-refractivity contribution in [2.75, 3.05) is 6.54 Å². The summed E-state index contributed by atoms with van der Waals surface area (Å²) >= 11 is 0. The van der Waals surface area contributed by atoms with Crippen LogP contribution < -0.4 is 5.32 Å². The molecule has 1 aliphatic heterocycles. The van der Waals surface area contributed by atoms with Crippen LogP contribution in [-0.2, 0) is 4.79 Å². The summed E-state index contributed by atoms with van der Waals surface area (Å²) in [5, 5.41) is 2.86. The standard InChI is InChI=1S/C14H13NO2/c16-14-8-12(9-15-14)10-3-1-4-11(7-10)13-5-2-6-17-13/h1-7,12H,8-9H2,(H,15,16). The normalized spacial score (nSPS) is 19.3. The highest BCUT2D eigenvalue weighted by atomic mass is 16.3. The van der Waals surface area contributed by atoms with Gasteiger partial charge in [-0.1, -0.05) is 18.2 Å². The molecule has 1 N–H and O–H groups in total. The molecule has 0 saturated carbocycles. The molecule has 3 heteroatoms. The molecule has 1 fully saturated rings. The average molecular weight is 227 g/mol. The Hall–Kier alpha value is -2.03. The third-order valence-corrected chi connectivity index (χ3v) is 3.14. The van der Waals surface area contributed by atoms with Gasteiger partial charge in [-0.15, -0.1) is 0 Å². The lowest BCUT2D eigenvalue weighted by Crippen LogP contribution is -2.13. The van der Waals surface area contributed by atoms with Gasteiger partial charge in [0.15, 0.2) is 0 Å². The third kappa shape index (κ3) is 1.96. The van der Waals surface area contributed by atoms with Crippen LogP contribution in [-0.4, -0.2) is 12.5 Å². The minimum atomic E-state index is 0.137. The quantitative estimate of drug-likeness (QED) is 0.856. The molecule has 1 saturated heterocycles. The zero-order chi connectivity index (χ0) is 11.7. The van der Waals surface area contributed by atoms with Crippen LogP contribution in [0.2, 0.25) is 0 Å². The summed E-state index contributed by atoms with van der Waals surface area (Å²) in [5.74, 6) is 1.29. The van der Waals surface area contributed by atoms with Crippen LogP contribution in [0.5, 0.6) is 0 Å². The first-order chi connectivity index (χ1) is 8.33. The number of furan rings is 1. The number of nitrogens with one attached hydrogen (secondary N) is 1. The molecule has 0 radical (unpaired) electrons. The van der Waals surface area contributed by atoms with Crippen molar-refractivity contribution in [3.8, 4) is 11.3 Å². The third-order valence-electron chi connectivity index (χ3n) is 3.14. The summed E-state index contributed by atoms with van der Waals surface area (Å²) in [7, 11) is 0. The van der Waals surface area contributed by atoms with Gasteiger partial charge in [-0.05, 0) is 23.8 Å². The Balaban J connectivity index is 1.92. The molecular formula is C14H13NO2. The lowest BCUT2D eigenvalue weighted by molar-refractivity contribution is -0.119. The fraction of sp³-hybridized carbons (Fsp3) is 0.214. The number of benzene rings is 1. The van der Waals surface area contributed by atoms with Crippen molar-refractivity contribution in [1.29, 1.82) is 0 Å². The zero-order valence-electron chi connectivity index (χ0n) is 9.35. The molecule has 1 aromatic carbocycles. The van der Waals surface area contributed by atoms with Gasteiger partial charge in [0.05, 0.1) is 6.26 Å². The highest BCUT2D eigenvalue weighted by Gasteiger charge is 2.23. The summed E-state index contributed by atoms with van der Waals surface area (Å²) < 4.78 is 5.38. The molecule has 0 aliphatic carbocycles. The Morgan fingerprint density at radius 3 is 2.88 bits per heavy atom. The van der Waals surface area contributed by atoms with Gasteiger partial charge in [-0.3, -0.25) is 4.79 Å². The van der Waals surface area contributed by atoms with E-state index in [2.05, 4.69) is 17.4 Å². The first-order valence-corrected chi connectivity index (χ1v) is 5.73. The van der Waals surface area contributed by atoms with Crippen LogP contribution in [0, 0.1) is 0 Å². The predicted octanol–water partition coefficient (Wildman–Crippen LogP) is 2.55. The number of carbonyl (C=O) groups excluding carboxylic acids is 1. The Morgan fingerprint density at radius 2 is 2.18 bits per heavy atom. The van der Waals surface area contributed by atoms with Crippen molar-refractivity contribution in [1.82, 2.24) is 5.32 Å². The van der Waals surface area contributed by atoms with Gasteiger partial charge in [-0.25, -0.2) is 0 Å². The van der Waals surface area contributed by atoms with E-state index in [9.17, 15) is 4.79 Å². The van der Waals surface area contributed by atoms with Gasteiger partial charge < -0.3 is 9.73 Å². The van der Waals surface area contributed by atoms with E-state index in [1.807, 2.05) is 24.3 Å². The minimum absolute atomic E-state index is 0.137. The maximum Gasteiger partial charge on any atom is 0.220 e. The Morgan fingerprint density at radius 1 is 1.24 bits per heavy atom. The molecule has 3 nitrogen and oxygen atoms in total. The van der Waals surface area contributed by atoms with Gasteiger partial charge in [0.1, 0.15) is 5.76 Å². The van der Waals surface area contributed by atoms with E-state index in [4.69, 9.17) is 4.42 Å². The van der Waals surface area contributed by atoms with Crippen molar-refractivity contribution >= 4 is 5.91 Å². The highest BCUT2D eigenvalue weighted by molar-refractivity contribution is 5.79. The fourth-order valence-electron chi connectivity index (χ4n) is 2.23. The van der Waals surface area contributed by atoms with Crippen LogP contribution in [0.3, 0.4) is 0 Å². The molecule has 1 unspecified atom stereocenters. The number of hydrogen-bond donors (Lipinski definition) is 1. The second-order valence-electron chi connectivity index (χ2n) is 4.31. The van der Waals surface area contributed by atoms with Crippen molar-refractivity contribution in [3.05, 3.63) is 48.2 Å². The molecule has 86 valence electrons. The Labute approximate surface area is 99.4 Å². The van der Waals surface area contributed by atoms with Gasteiger partial charge >= 0.3 is 0 Å². The molecule has 3 rings (SSSR count). The van der Waals surface area contributed by atoms with Gasteiger partial charge in [0.25, 0.3) is 0 Å². The van der Waals surface area contributed by atoms with E-state index in [0.717, 1.165) is 17.9 Å². The number of hydrogen-bond acceptors (Lipinski definition) is 2. The van der Waals surface area contributed by atoms with Crippen molar-refractivity contribution < 1.29 is 9.21 Å². The average Bonchev–Trinajstić information content (AvgIpc) is 3.00. The topological polar surface area (TPSA) is 42.2 Å². The van der Waals surface area contributed by atoms with Gasteiger partial charge in [-0.2, -0.15) is 0 Å². The van der Waals surface area contributed by atoms with Gasteiger partial charge in [0.2, 0.25) is 5.91 Å².